The molecule has 0 saturated heterocycles. The van der Waals surface area contributed by atoms with Gasteiger partial charge in [-0.1, -0.05) is 30.3 Å². The van der Waals surface area contributed by atoms with E-state index < -0.39 is 0 Å². The van der Waals surface area contributed by atoms with Crippen LogP contribution in [0, 0.1) is 0 Å². The monoisotopic (exact) mass is 357 g/mol. The van der Waals surface area contributed by atoms with Crippen LogP contribution in [0.5, 0.6) is 0 Å². The van der Waals surface area contributed by atoms with Crippen molar-refractivity contribution in [3.05, 3.63) is 53.1 Å². The SMILES string of the molecule is COC[C@H](C)NC(=O)Cn1cnc2sc(-c3ccccc3)cc2c1=O. The number of nitrogens with one attached hydrogen (secondary N) is 1. The lowest BCUT2D eigenvalue weighted by Gasteiger charge is -2.13. The molecule has 1 amide bonds. The molecule has 0 aliphatic carbocycles. The lowest BCUT2D eigenvalue weighted by molar-refractivity contribution is -0.122. The van der Waals surface area contributed by atoms with E-state index in [1.165, 1.54) is 22.2 Å². The molecule has 0 bridgehead atoms. The number of fused-ring (bicyclic) bond motifs is 1. The Balaban J connectivity index is 1.85. The van der Waals surface area contributed by atoms with E-state index in [4.69, 9.17) is 4.74 Å². The predicted octanol–water partition coefficient (Wildman–Crippen LogP) is 2.28. The maximum Gasteiger partial charge on any atom is 0.262 e. The second-order valence-corrected chi connectivity index (χ2v) is 6.83. The van der Waals surface area contributed by atoms with Crippen LogP contribution in [-0.2, 0) is 16.1 Å². The first-order valence-corrected chi connectivity index (χ1v) is 8.73. The van der Waals surface area contributed by atoms with Crippen LogP contribution in [0.4, 0.5) is 0 Å². The minimum absolute atomic E-state index is 0.0632. The molecule has 0 unspecified atom stereocenters. The van der Waals surface area contributed by atoms with Crippen molar-refractivity contribution in [3.63, 3.8) is 0 Å². The number of ether oxygens (including phenoxy) is 1. The molecule has 3 rings (SSSR count). The summed E-state index contributed by atoms with van der Waals surface area (Å²) in [6.45, 7) is 2.20. The number of nitrogens with zero attached hydrogens (tertiary/aromatic N) is 2. The molecule has 0 radical (unpaired) electrons. The van der Waals surface area contributed by atoms with Crippen molar-refractivity contribution in [3.8, 4) is 10.4 Å². The Morgan fingerprint density at radius 3 is 2.84 bits per heavy atom. The summed E-state index contributed by atoms with van der Waals surface area (Å²) in [5.41, 5.74) is 0.834. The lowest BCUT2D eigenvalue weighted by atomic mass is 10.2. The fourth-order valence-electron chi connectivity index (χ4n) is 2.58. The highest BCUT2D eigenvalue weighted by atomic mass is 32.1. The summed E-state index contributed by atoms with van der Waals surface area (Å²) in [5.74, 6) is -0.244. The van der Waals surface area contributed by atoms with Gasteiger partial charge < -0.3 is 10.1 Å². The van der Waals surface area contributed by atoms with Gasteiger partial charge in [-0.05, 0) is 18.6 Å². The number of benzene rings is 1. The van der Waals surface area contributed by atoms with E-state index in [-0.39, 0.29) is 24.1 Å². The van der Waals surface area contributed by atoms with Crippen molar-refractivity contribution in [2.24, 2.45) is 0 Å². The summed E-state index contributed by atoms with van der Waals surface area (Å²) in [4.78, 5) is 30.7. The van der Waals surface area contributed by atoms with E-state index in [9.17, 15) is 9.59 Å². The number of methoxy groups -OCH3 is 1. The number of carbonyl (C=O) groups excluding carboxylic acids is 1. The van der Waals surface area contributed by atoms with Crippen LogP contribution >= 0.6 is 11.3 Å². The topological polar surface area (TPSA) is 73.2 Å². The number of thiophene rings is 1. The Kier molecular flexibility index (Phi) is 5.25. The van der Waals surface area contributed by atoms with Gasteiger partial charge in [-0.2, -0.15) is 0 Å². The molecule has 1 atom stereocenters. The van der Waals surface area contributed by atoms with Crippen molar-refractivity contribution >= 4 is 27.5 Å². The summed E-state index contributed by atoms with van der Waals surface area (Å²) in [5, 5.41) is 3.32. The van der Waals surface area contributed by atoms with Crippen LogP contribution in [-0.4, -0.2) is 35.2 Å². The molecule has 7 heteroatoms. The maximum atomic E-state index is 12.6. The highest BCUT2D eigenvalue weighted by Crippen LogP contribution is 2.30. The summed E-state index contributed by atoms with van der Waals surface area (Å²) < 4.78 is 6.32. The summed E-state index contributed by atoms with van der Waals surface area (Å²) >= 11 is 1.47. The van der Waals surface area contributed by atoms with Gasteiger partial charge in [0, 0.05) is 18.0 Å². The fourth-order valence-corrected chi connectivity index (χ4v) is 3.58. The van der Waals surface area contributed by atoms with Crippen LogP contribution in [0.1, 0.15) is 6.92 Å². The molecule has 0 saturated carbocycles. The van der Waals surface area contributed by atoms with Gasteiger partial charge in [-0.25, -0.2) is 4.98 Å². The third-order valence-corrected chi connectivity index (χ3v) is 4.81. The fraction of sp³-hybridized carbons (Fsp3) is 0.278. The lowest BCUT2D eigenvalue weighted by Crippen LogP contribution is -2.39. The molecule has 2 aromatic heterocycles. The number of rotatable bonds is 6. The molecular weight excluding hydrogens is 338 g/mol. The van der Waals surface area contributed by atoms with Crippen molar-refractivity contribution in [1.82, 2.24) is 14.9 Å². The first-order valence-electron chi connectivity index (χ1n) is 7.91. The molecule has 1 aromatic carbocycles. The van der Waals surface area contributed by atoms with Gasteiger partial charge in [0.25, 0.3) is 5.56 Å². The smallest absolute Gasteiger partial charge is 0.262 e. The molecule has 25 heavy (non-hydrogen) atoms. The quantitative estimate of drug-likeness (QED) is 0.734. The van der Waals surface area contributed by atoms with Crippen molar-refractivity contribution in [2.45, 2.75) is 19.5 Å². The van der Waals surface area contributed by atoms with Gasteiger partial charge in [-0.15, -0.1) is 11.3 Å². The van der Waals surface area contributed by atoms with Gasteiger partial charge in [0.1, 0.15) is 11.4 Å². The van der Waals surface area contributed by atoms with Crippen LogP contribution in [0.3, 0.4) is 0 Å². The van der Waals surface area contributed by atoms with E-state index in [0.717, 1.165) is 10.4 Å². The van der Waals surface area contributed by atoms with Crippen molar-refractivity contribution < 1.29 is 9.53 Å². The van der Waals surface area contributed by atoms with Gasteiger partial charge in [0.05, 0.1) is 18.3 Å². The van der Waals surface area contributed by atoms with Gasteiger partial charge in [0.15, 0.2) is 0 Å². The number of carbonyl (C=O) groups is 1. The zero-order valence-corrected chi connectivity index (χ0v) is 14.9. The Labute approximate surface area is 149 Å². The second-order valence-electron chi connectivity index (χ2n) is 5.80. The van der Waals surface area contributed by atoms with Crippen molar-refractivity contribution in [1.29, 1.82) is 0 Å². The largest absolute Gasteiger partial charge is 0.383 e. The van der Waals surface area contributed by atoms with Crippen LogP contribution in [0.25, 0.3) is 20.7 Å². The van der Waals surface area contributed by atoms with Crippen molar-refractivity contribution in [2.75, 3.05) is 13.7 Å². The molecule has 0 spiro atoms. The summed E-state index contributed by atoms with van der Waals surface area (Å²) in [6.07, 6.45) is 1.43. The second kappa shape index (κ2) is 7.58. The minimum Gasteiger partial charge on any atom is -0.383 e. The molecule has 130 valence electrons. The normalized spacial score (nSPS) is 12.2. The van der Waals surface area contributed by atoms with Gasteiger partial charge in [0.2, 0.25) is 5.91 Å². The summed E-state index contributed by atoms with van der Waals surface area (Å²) in [7, 11) is 1.58. The van der Waals surface area contributed by atoms with E-state index in [1.807, 2.05) is 43.3 Å². The number of amides is 1. The average Bonchev–Trinajstić information content (AvgIpc) is 3.03. The molecule has 0 fully saturated rings. The van der Waals surface area contributed by atoms with E-state index in [1.54, 1.807) is 7.11 Å². The first kappa shape index (κ1) is 17.3. The first-order chi connectivity index (χ1) is 12.1. The zero-order valence-electron chi connectivity index (χ0n) is 14.1. The van der Waals surface area contributed by atoms with E-state index >= 15 is 0 Å². The molecule has 3 aromatic rings. The molecular formula is C18H19N3O3S. The third kappa shape index (κ3) is 3.94. The molecule has 0 aliphatic rings. The Morgan fingerprint density at radius 2 is 2.12 bits per heavy atom. The Hall–Kier alpha value is -2.51. The third-order valence-electron chi connectivity index (χ3n) is 3.71. The van der Waals surface area contributed by atoms with Crippen LogP contribution in [0.2, 0.25) is 0 Å². The molecule has 1 N–H and O–H groups in total. The van der Waals surface area contributed by atoms with Crippen LogP contribution < -0.4 is 10.9 Å². The number of hydrogen-bond acceptors (Lipinski definition) is 5. The number of hydrogen-bond donors (Lipinski definition) is 1. The zero-order chi connectivity index (χ0) is 17.8. The molecule has 2 heterocycles. The standard InChI is InChI=1S/C18H19N3O3S/c1-12(10-24-2)20-16(22)9-21-11-19-17-14(18(21)23)8-15(25-17)13-6-4-3-5-7-13/h3-8,11-12H,9-10H2,1-2H3,(H,20,22)/t12-/m0/s1. The summed E-state index contributed by atoms with van der Waals surface area (Å²) in [6, 6.07) is 11.6. The van der Waals surface area contributed by atoms with Gasteiger partial charge >= 0.3 is 0 Å². The highest BCUT2D eigenvalue weighted by Gasteiger charge is 2.13. The average molecular weight is 357 g/mol. The molecule has 0 aliphatic heterocycles. The minimum atomic E-state index is -0.244. The van der Waals surface area contributed by atoms with Gasteiger partial charge in [-0.3, -0.25) is 14.2 Å². The molecule has 6 nitrogen and oxygen atoms in total. The van der Waals surface area contributed by atoms with E-state index in [0.29, 0.717) is 16.8 Å². The highest BCUT2D eigenvalue weighted by molar-refractivity contribution is 7.21. The number of aromatic nitrogens is 2. The Bertz CT molecular complexity index is 934. The Morgan fingerprint density at radius 1 is 1.36 bits per heavy atom. The maximum absolute atomic E-state index is 12.6. The van der Waals surface area contributed by atoms with Crippen LogP contribution in [0.15, 0.2) is 47.5 Å². The van der Waals surface area contributed by atoms with E-state index in [2.05, 4.69) is 10.3 Å². The predicted molar refractivity (Wildman–Crippen MR) is 98.8 cm³/mol.